The molecular formula is C18H20N2O2. The van der Waals surface area contributed by atoms with E-state index in [1.165, 1.54) is 5.56 Å². The highest BCUT2D eigenvalue weighted by Gasteiger charge is 2.24. The largest absolute Gasteiger partial charge is 0.368 e. The molecule has 4 heteroatoms. The molecular weight excluding hydrogens is 276 g/mol. The standard InChI is InChI=1S/C18H20N2O2/c1-14-7-8-16-13-17(20(21)22)9-10-18(16)19(14)12-11-15-5-3-2-4-6-15/h2-6,9-10,13-14H,7-8,11-12H2,1H3/t14-/m0/s1. The van der Waals surface area contributed by atoms with Crippen molar-refractivity contribution in [3.05, 3.63) is 69.8 Å². The second-order valence-corrected chi connectivity index (χ2v) is 5.89. The average molecular weight is 296 g/mol. The van der Waals surface area contributed by atoms with E-state index in [2.05, 4.69) is 36.1 Å². The molecule has 0 unspecified atom stereocenters. The summed E-state index contributed by atoms with van der Waals surface area (Å²) in [6.45, 7) is 3.17. The summed E-state index contributed by atoms with van der Waals surface area (Å²) in [6, 6.07) is 16.2. The third-order valence-electron chi connectivity index (χ3n) is 4.43. The van der Waals surface area contributed by atoms with E-state index in [-0.39, 0.29) is 10.6 Å². The first-order valence-corrected chi connectivity index (χ1v) is 7.73. The SMILES string of the molecule is C[C@H]1CCc2cc([N+](=O)[O-])ccc2N1CCc1ccccc1. The number of rotatable bonds is 4. The van der Waals surface area contributed by atoms with Crippen LogP contribution in [0.1, 0.15) is 24.5 Å². The molecule has 1 aliphatic heterocycles. The van der Waals surface area contributed by atoms with Crippen molar-refractivity contribution in [1.82, 2.24) is 0 Å². The van der Waals surface area contributed by atoms with E-state index in [0.29, 0.717) is 6.04 Å². The summed E-state index contributed by atoms with van der Waals surface area (Å²) in [7, 11) is 0. The van der Waals surface area contributed by atoms with Crippen molar-refractivity contribution < 1.29 is 4.92 Å². The molecule has 1 aliphatic rings. The first kappa shape index (κ1) is 14.6. The summed E-state index contributed by atoms with van der Waals surface area (Å²) in [6.07, 6.45) is 2.95. The highest BCUT2D eigenvalue weighted by atomic mass is 16.6. The van der Waals surface area contributed by atoms with Crippen LogP contribution in [0.15, 0.2) is 48.5 Å². The van der Waals surface area contributed by atoms with Gasteiger partial charge in [0.15, 0.2) is 0 Å². The van der Waals surface area contributed by atoms with Gasteiger partial charge in [-0.25, -0.2) is 0 Å². The zero-order chi connectivity index (χ0) is 15.5. The number of nitrogens with zero attached hydrogens (tertiary/aromatic N) is 2. The van der Waals surface area contributed by atoms with Crippen molar-refractivity contribution in [3.63, 3.8) is 0 Å². The minimum atomic E-state index is -0.313. The molecule has 2 aromatic carbocycles. The molecule has 0 saturated heterocycles. The summed E-state index contributed by atoms with van der Waals surface area (Å²) in [4.78, 5) is 13.0. The maximum absolute atomic E-state index is 10.9. The Labute approximate surface area is 130 Å². The Morgan fingerprint density at radius 1 is 1.23 bits per heavy atom. The summed E-state index contributed by atoms with van der Waals surface area (Å²) in [5, 5.41) is 10.9. The summed E-state index contributed by atoms with van der Waals surface area (Å²) >= 11 is 0. The smallest absolute Gasteiger partial charge is 0.269 e. The minimum absolute atomic E-state index is 0.191. The number of benzene rings is 2. The van der Waals surface area contributed by atoms with Crippen LogP contribution in [-0.2, 0) is 12.8 Å². The van der Waals surface area contributed by atoms with E-state index in [0.717, 1.165) is 37.1 Å². The third kappa shape index (κ3) is 2.96. The van der Waals surface area contributed by atoms with Crippen molar-refractivity contribution in [1.29, 1.82) is 0 Å². The van der Waals surface area contributed by atoms with Gasteiger partial charge in [0.1, 0.15) is 0 Å². The average Bonchev–Trinajstić information content (AvgIpc) is 2.54. The monoisotopic (exact) mass is 296 g/mol. The fourth-order valence-electron chi connectivity index (χ4n) is 3.16. The van der Waals surface area contributed by atoms with Gasteiger partial charge in [-0.15, -0.1) is 0 Å². The first-order chi connectivity index (χ1) is 10.6. The number of nitro benzene ring substituents is 1. The van der Waals surface area contributed by atoms with Crippen LogP contribution in [0.2, 0.25) is 0 Å². The van der Waals surface area contributed by atoms with Gasteiger partial charge in [0.25, 0.3) is 5.69 Å². The van der Waals surface area contributed by atoms with Crippen LogP contribution in [0.25, 0.3) is 0 Å². The van der Waals surface area contributed by atoms with Gasteiger partial charge in [-0.2, -0.15) is 0 Å². The molecule has 1 atom stereocenters. The number of non-ortho nitro benzene ring substituents is 1. The number of aryl methyl sites for hydroxylation is 1. The van der Waals surface area contributed by atoms with E-state index in [1.54, 1.807) is 12.1 Å². The Balaban J connectivity index is 1.81. The van der Waals surface area contributed by atoms with Crippen LogP contribution in [-0.4, -0.2) is 17.5 Å². The molecule has 1 heterocycles. The Morgan fingerprint density at radius 3 is 2.73 bits per heavy atom. The number of hydrogen-bond donors (Lipinski definition) is 0. The van der Waals surface area contributed by atoms with Gasteiger partial charge in [0.05, 0.1) is 4.92 Å². The molecule has 0 saturated carbocycles. The number of fused-ring (bicyclic) bond motifs is 1. The van der Waals surface area contributed by atoms with Gasteiger partial charge in [-0.3, -0.25) is 10.1 Å². The third-order valence-corrected chi connectivity index (χ3v) is 4.43. The summed E-state index contributed by atoms with van der Waals surface area (Å²) < 4.78 is 0. The van der Waals surface area contributed by atoms with E-state index >= 15 is 0 Å². The Kier molecular flexibility index (Phi) is 4.09. The Hall–Kier alpha value is -2.36. The molecule has 0 N–H and O–H groups in total. The minimum Gasteiger partial charge on any atom is -0.368 e. The van der Waals surface area contributed by atoms with Crippen molar-refractivity contribution in [2.24, 2.45) is 0 Å². The van der Waals surface area contributed by atoms with E-state index < -0.39 is 0 Å². The van der Waals surface area contributed by atoms with E-state index in [9.17, 15) is 10.1 Å². The first-order valence-electron chi connectivity index (χ1n) is 7.73. The Bertz CT molecular complexity index is 670. The molecule has 0 aromatic heterocycles. The number of hydrogen-bond acceptors (Lipinski definition) is 3. The fraction of sp³-hybridized carbons (Fsp3) is 0.333. The van der Waals surface area contributed by atoms with Gasteiger partial charge < -0.3 is 4.90 Å². The van der Waals surface area contributed by atoms with Crippen LogP contribution in [0.4, 0.5) is 11.4 Å². The summed E-state index contributed by atoms with van der Waals surface area (Å²) in [5.74, 6) is 0. The number of nitro groups is 1. The fourth-order valence-corrected chi connectivity index (χ4v) is 3.16. The zero-order valence-electron chi connectivity index (χ0n) is 12.7. The molecule has 3 rings (SSSR count). The lowest BCUT2D eigenvalue weighted by molar-refractivity contribution is -0.384. The van der Waals surface area contributed by atoms with Gasteiger partial charge >= 0.3 is 0 Å². The molecule has 0 fully saturated rings. The maximum atomic E-state index is 10.9. The quantitative estimate of drug-likeness (QED) is 0.633. The van der Waals surface area contributed by atoms with Crippen molar-refractivity contribution in [3.8, 4) is 0 Å². The van der Waals surface area contributed by atoms with Crippen molar-refractivity contribution >= 4 is 11.4 Å². The van der Waals surface area contributed by atoms with E-state index in [4.69, 9.17) is 0 Å². The van der Waals surface area contributed by atoms with E-state index in [1.807, 2.05) is 12.1 Å². The lowest BCUT2D eigenvalue weighted by atomic mass is 9.95. The van der Waals surface area contributed by atoms with Gasteiger partial charge in [0, 0.05) is 30.4 Å². The number of anilines is 1. The molecule has 0 amide bonds. The van der Waals surface area contributed by atoms with Crippen LogP contribution in [0, 0.1) is 10.1 Å². The molecule has 0 bridgehead atoms. The molecule has 114 valence electrons. The molecule has 2 aromatic rings. The molecule has 0 radical (unpaired) electrons. The predicted molar refractivity (Wildman–Crippen MR) is 88.4 cm³/mol. The lowest BCUT2D eigenvalue weighted by Gasteiger charge is -2.37. The topological polar surface area (TPSA) is 46.4 Å². The van der Waals surface area contributed by atoms with Crippen LogP contribution >= 0.6 is 0 Å². The van der Waals surface area contributed by atoms with Gasteiger partial charge in [-0.1, -0.05) is 30.3 Å². The highest BCUT2D eigenvalue weighted by Crippen LogP contribution is 2.33. The van der Waals surface area contributed by atoms with Crippen molar-refractivity contribution in [2.45, 2.75) is 32.2 Å². The van der Waals surface area contributed by atoms with Gasteiger partial charge in [-0.05, 0) is 43.4 Å². The Morgan fingerprint density at radius 2 is 2.00 bits per heavy atom. The van der Waals surface area contributed by atoms with Crippen LogP contribution in [0.3, 0.4) is 0 Å². The molecule has 4 nitrogen and oxygen atoms in total. The zero-order valence-corrected chi connectivity index (χ0v) is 12.7. The molecule has 0 aliphatic carbocycles. The second kappa shape index (κ2) is 6.18. The maximum Gasteiger partial charge on any atom is 0.269 e. The van der Waals surface area contributed by atoms with Crippen LogP contribution < -0.4 is 4.90 Å². The van der Waals surface area contributed by atoms with Gasteiger partial charge in [0.2, 0.25) is 0 Å². The van der Waals surface area contributed by atoms with Crippen LogP contribution in [0.5, 0.6) is 0 Å². The predicted octanol–water partition coefficient (Wildman–Crippen LogP) is 3.98. The normalized spacial score (nSPS) is 17.1. The van der Waals surface area contributed by atoms with Crippen molar-refractivity contribution in [2.75, 3.05) is 11.4 Å². The second-order valence-electron chi connectivity index (χ2n) is 5.89. The highest BCUT2D eigenvalue weighted by molar-refractivity contribution is 5.60. The lowest BCUT2D eigenvalue weighted by Crippen LogP contribution is -2.38. The molecule has 0 spiro atoms. The summed E-state index contributed by atoms with van der Waals surface area (Å²) in [5.41, 5.74) is 3.76. The molecule has 22 heavy (non-hydrogen) atoms.